The van der Waals surface area contributed by atoms with E-state index in [1.165, 1.54) is 0 Å². The fraction of sp³-hybridized carbons (Fsp3) is 0.533. The molecule has 0 bridgehead atoms. The number of carbonyl (C=O) groups excluding carboxylic acids is 1. The number of aryl methyl sites for hydroxylation is 1. The Morgan fingerprint density at radius 3 is 2.90 bits per heavy atom. The third kappa shape index (κ3) is 4.12. The Morgan fingerprint density at radius 1 is 1.45 bits per heavy atom. The second-order valence-corrected chi connectivity index (χ2v) is 4.89. The van der Waals surface area contributed by atoms with Gasteiger partial charge >= 0.3 is 0 Å². The molecular formula is C15H23ClN2O2. The van der Waals surface area contributed by atoms with Crippen molar-refractivity contribution in [2.45, 2.75) is 26.3 Å². The van der Waals surface area contributed by atoms with Gasteiger partial charge in [0.25, 0.3) is 5.91 Å². The van der Waals surface area contributed by atoms with E-state index in [2.05, 4.69) is 19.2 Å². The van der Waals surface area contributed by atoms with Crippen molar-refractivity contribution in [3.8, 4) is 5.75 Å². The first kappa shape index (κ1) is 16.8. The van der Waals surface area contributed by atoms with Crippen LogP contribution in [0.3, 0.4) is 0 Å². The summed E-state index contributed by atoms with van der Waals surface area (Å²) in [5, 5.41) is 3.28. The minimum Gasteiger partial charge on any atom is -0.483 e. The largest absolute Gasteiger partial charge is 0.483 e. The van der Waals surface area contributed by atoms with E-state index in [1.54, 1.807) is 0 Å². The summed E-state index contributed by atoms with van der Waals surface area (Å²) in [7, 11) is 0. The average molecular weight is 299 g/mol. The van der Waals surface area contributed by atoms with Crippen LogP contribution in [0.1, 0.15) is 19.4 Å². The smallest absolute Gasteiger partial charge is 0.260 e. The molecule has 0 radical (unpaired) electrons. The summed E-state index contributed by atoms with van der Waals surface area (Å²) in [6, 6.07) is 8.13. The van der Waals surface area contributed by atoms with Gasteiger partial charge in [0.15, 0.2) is 6.61 Å². The quantitative estimate of drug-likeness (QED) is 0.923. The van der Waals surface area contributed by atoms with Crippen molar-refractivity contribution >= 4 is 18.3 Å². The topological polar surface area (TPSA) is 41.6 Å². The average Bonchev–Trinajstić information content (AvgIpc) is 2.45. The molecule has 1 aliphatic rings. The molecule has 4 nitrogen and oxygen atoms in total. The number of para-hydroxylation sites is 1. The number of amides is 1. The first-order valence-corrected chi connectivity index (χ1v) is 6.93. The minimum atomic E-state index is 0. The normalized spacial score (nSPS) is 18.3. The molecule has 0 spiro atoms. The maximum absolute atomic E-state index is 12.2. The van der Waals surface area contributed by atoms with Crippen LogP contribution >= 0.6 is 12.4 Å². The van der Waals surface area contributed by atoms with E-state index in [-0.39, 0.29) is 31.0 Å². The van der Waals surface area contributed by atoms with Crippen molar-refractivity contribution in [2.75, 3.05) is 26.2 Å². The molecule has 1 N–H and O–H groups in total. The van der Waals surface area contributed by atoms with Crippen molar-refractivity contribution in [3.05, 3.63) is 29.8 Å². The molecule has 2 rings (SSSR count). The van der Waals surface area contributed by atoms with Crippen molar-refractivity contribution in [3.63, 3.8) is 0 Å². The number of nitrogens with zero attached hydrogens (tertiary/aromatic N) is 1. The van der Waals surface area contributed by atoms with Gasteiger partial charge in [0.05, 0.1) is 0 Å². The van der Waals surface area contributed by atoms with E-state index < -0.39 is 0 Å². The highest BCUT2D eigenvalue weighted by atomic mass is 35.5. The Kier molecular flexibility index (Phi) is 6.82. The fourth-order valence-electron chi connectivity index (χ4n) is 2.37. The standard InChI is InChI=1S/C15H22N2O2.ClH/c1-3-13-6-4-5-7-14(13)19-11-15(18)17-9-8-16-10-12(17)2;/h4-7,12,16H,3,8-11H2,1-2H3;1H/t12-;/m0./s1. The zero-order valence-corrected chi connectivity index (χ0v) is 12.9. The molecule has 0 unspecified atom stereocenters. The van der Waals surface area contributed by atoms with Crippen molar-refractivity contribution < 1.29 is 9.53 Å². The van der Waals surface area contributed by atoms with Crippen molar-refractivity contribution in [1.82, 2.24) is 10.2 Å². The van der Waals surface area contributed by atoms with Crippen LogP contribution in [0.4, 0.5) is 0 Å². The first-order chi connectivity index (χ1) is 9.22. The molecule has 20 heavy (non-hydrogen) atoms. The number of halogens is 1. The number of hydrogen-bond acceptors (Lipinski definition) is 3. The molecular weight excluding hydrogens is 276 g/mol. The summed E-state index contributed by atoms with van der Waals surface area (Å²) >= 11 is 0. The molecule has 112 valence electrons. The van der Waals surface area contributed by atoms with Gasteiger partial charge in [-0.25, -0.2) is 0 Å². The second-order valence-electron chi connectivity index (χ2n) is 4.89. The Labute approximate surface area is 126 Å². The number of nitrogens with one attached hydrogen (secondary N) is 1. The first-order valence-electron chi connectivity index (χ1n) is 6.93. The number of hydrogen-bond donors (Lipinski definition) is 1. The van der Waals surface area contributed by atoms with Gasteiger partial charge in [0.2, 0.25) is 0 Å². The number of piperazine rings is 1. The third-order valence-electron chi connectivity index (χ3n) is 3.53. The Balaban J connectivity index is 0.00000200. The van der Waals surface area contributed by atoms with Crippen LogP contribution in [0.2, 0.25) is 0 Å². The lowest BCUT2D eigenvalue weighted by molar-refractivity contribution is -0.136. The molecule has 5 heteroatoms. The lowest BCUT2D eigenvalue weighted by Crippen LogP contribution is -2.53. The fourth-order valence-corrected chi connectivity index (χ4v) is 2.37. The van der Waals surface area contributed by atoms with Crippen LogP contribution in [0.15, 0.2) is 24.3 Å². The summed E-state index contributed by atoms with van der Waals surface area (Å²) in [6.45, 7) is 6.76. The molecule has 1 saturated heterocycles. The highest BCUT2D eigenvalue weighted by Crippen LogP contribution is 2.18. The van der Waals surface area contributed by atoms with Gasteiger partial charge in [-0.15, -0.1) is 12.4 Å². The highest BCUT2D eigenvalue weighted by molar-refractivity contribution is 5.85. The van der Waals surface area contributed by atoms with Crippen LogP contribution in [0.5, 0.6) is 5.75 Å². The Morgan fingerprint density at radius 2 is 2.20 bits per heavy atom. The zero-order valence-electron chi connectivity index (χ0n) is 12.1. The van der Waals surface area contributed by atoms with Gasteiger partial charge in [0, 0.05) is 25.7 Å². The maximum Gasteiger partial charge on any atom is 0.260 e. The van der Waals surface area contributed by atoms with Crippen LogP contribution in [-0.4, -0.2) is 43.1 Å². The predicted octanol–water partition coefficient (Wildman–Crippen LogP) is 1.87. The number of benzene rings is 1. The van der Waals surface area contributed by atoms with E-state index >= 15 is 0 Å². The van der Waals surface area contributed by atoms with Crippen LogP contribution in [-0.2, 0) is 11.2 Å². The molecule has 0 saturated carbocycles. The molecule has 0 aliphatic carbocycles. The molecule has 1 aromatic carbocycles. The van der Waals surface area contributed by atoms with E-state index in [9.17, 15) is 4.79 Å². The summed E-state index contributed by atoms with van der Waals surface area (Å²) in [5.74, 6) is 0.890. The number of carbonyl (C=O) groups is 1. The van der Waals surface area contributed by atoms with E-state index in [4.69, 9.17) is 4.74 Å². The van der Waals surface area contributed by atoms with Gasteiger partial charge < -0.3 is 15.0 Å². The number of rotatable bonds is 4. The monoisotopic (exact) mass is 298 g/mol. The van der Waals surface area contributed by atoms with E-state index in [1.807, 2.05) is 29.2 Å². The van der Waals surface area contributed by atoms with Crippen molar-refractivity contribution in [1.29, 1.82) is 0 Å². The van der Waals surface area contributed by atoms with Gasteiger partial charge in [-0.1, -0.05) is 25.1 Å². The summed E-state index contributed by atoms with van der Waals surface area (Å²) < 4.78 is 5.68. The summed E-state index contributed by atoms with van der Waals surface area (Å²) in [5.41, 5.74) is 1.14. The van der Waals surface area contributed by atoms with Gasteiger partial charge in [-0.2, -0.15) is 0 Å². The molecule has 0 aromatic heterocycles. The molecule has 1 aliphatic heterocycles. The highest BCUT2D eigenvalue weighted by Gasteiger charge is 2.23. The molecule has 1 atom stereocenters. The second kappa shape index (κ2) is 8.12. The Hall–Kier alpha value is -1.26. The molecule has 1 fully saturated rings. The predicted molar refractivity (Wildman–Crippen MR) is 82.6 cm³/mol. The van der Waals surface area contributed by atoms with Gasteiger partial charge in [-0.05, 0) is 25.0 Å². The number of ether oxygens (including phenoxy) is 1. The summed E-state index contributed by atoms with van der Waals surface area (Å²) in [4.78, 5) is 14.0. The van der Waals surface area contributed by atoms with Crippen molar-refractivity contribution in [2.24, 2.45) is 0 Å². The third-order valence-corrected chi connectivity index (χ3v) is 3.53. The lowest BCUT2D eigenvalue weighted by Gasteiger charge is -2.33. The van der Waals surface area contributed by atoms with Crippen LogP contribution in [0, 0.1) is 0 Å². The van der Waals surface area contributed by atoms with Crippen LogP contribution < -0.4 is 10.1 Å². The van der Waals surface area contributed by atoms with E-state index in [0.717, 1.165) is 37.4 Å². The molecule has 1 heterocycles. The summed E-state index contributed by atoms with van der Waals surface area (Å²) in [6.07, 6.45) is 0.911. The lowest BCUT2D eigenvalue weighted by atomic mass is 10.1. The minimum absolute atomic E-state index is 0. The van der Waals surface area contributed by atoms with E-state index in [0.29, 0.717) is 0 Å². The molecule has 1 amide bonds. The zero-order chi connectivity index (χ0) is 13.7. The molecule has 1 aromatic rings. The maximum atomic E-state index is 12.2. The van der Waals surface area contributed by atoms with Gasteiger partial charge in [0.1, 0.15) is 5.75 Å². The Bertz CT molecular complexity index is 440. The van der Waals surface area contributed by atoms with Crippen LogP contribution in [0.25, 0.3) is 0 Å². The van der Waals surface area contributed by atoms with Gasteiger partial charge in [-0.3, -0.25) is 4.79 Å². The SMILES string of the molecule is CCc1ccccc1OCC(=O)N1CCNC[C@@H]1C.Cl.